The zero-order valence-electron chi connectivity index (χ0n) is 9.79. The van der Waals surface area contributed by atoms with Crippen molar-refractivity contribution in [3.05, 3.63) is 29.8 Å². The first kappa shape index (κ1) is 12.1. The summed E-state index contributed by atoms with van der Waals surface area (Å²) in [6.45, 7) is 4.60. The van der Waals surface area contributed by atoms with E-state index in [9.17, 15) is 0 Å². The summed E-state index contributed by atoms with van der Waals surface area (Å²) in [5.74, 6) is 0.888. The molecule has 1 aromatic rings. The number of methoxy groups -OCH3 is 1. The normalized spacial score (nSPS) is 11.5. The molecule has 0 saturated heterocycles. The average molecular weight is 208 g/mol. The molecule has 1 N–H and O–H groups in total. The Balaban J connectivity index is 2.64. The van der Waals surface area contributed by atoms with Gasteiger partial charge in [0.25, 0.3) is 0 Å². The van der Waals surface area contributed by atoms with Crippen molar-refractivity contribution in [1.82, 2.24) is 0 Å². The molecule has 0 amide bonds. The van der Waals surface area contributed by atoms with Crippen molar-refractivity contribution in [2.75, 3.05) is 13.7 Å². The summed E-state index contributed by atoms with van der Waals surface area (Å²) in [5, 5.41) is 8.94. The second kappa shape index (κ2) is 5.17. The molecule has 1 aromatic carbocycles. The zero-order chi connectivity index (χ0) is 11.3. The van der Waals surface area contributed by atoms with Crippen LogP contribution in [0.2, 0.25) is 0 Å². The van der Waals surface area contributed by atoms with Crippen LogP contribution in [0.1, 0.15) is 25.8 Å². The van der Waals surface area contributed by atoms with Crippen molar-refractivity contribution < 1.29 is 9.84 Å². The van der Waals surface area contributed by atoms with Gasteiger partial charge >= 0.3 is 0 Å². The molecule has 0 unspecified atom stereocenters. The first-order chi connectivity index (χ1) is 7.07. The quantitative estimate of drug-likeness (QED) is 0.806. The average Bonchev–Trinajstić information content (AvgIpc) is 2.18. The lowest BCUT2D eigenvalue weighted by molar-refractivity contribution is 0.211. The number of hydrogen-bond acceptors (Lipinski definition) is 2. The van der Waals surface area contributed by atoms with Gasteiger partial charge in [0.15, 0.2) is 0 Å². The molecule has 0 aliphatic heterocycles. The maximum absolute atomic E-state index is 8.94. The third-order valence-corrected chi connectivity index (χ3v) is 2.63. The fraction of sp³-hybridized carbons (Fsp3) is 0.538. The summed E-state index contributed by atoms with van der Waals surface area (Å²) in [4.78, 5) is 0. The highest BCUT2D eigenvalue weighted by Gasteiger charge is 2.17. The van der Waals surface area contributed by atoms with Gasteiger partial charge in [0.1, 0.15) is 5.75 Å². The molecular formula is C13H20O2. The van der Waals surface area contributed by atoms with Gasteiger partial charge in [0.2, 0.25) is 0 Å². The fourth-order valence-electron chi connectivity index (χ4n) is 1.69. The Morgan fingerprint density at radius 1 is 1.20 bits per heavy atom. The Morgan fingerprint density at radius 3 is 2.27 bits per heavy atom. The highest BCUT2D eigenvalue weighted by molar-refractivity contribution is 5.27. The van der Waals surface area contributed by atoms with E-state index in [1.54, 1.807) is 7.11 Å². The first-order valence-corrected chi connectivity index (χ1v) is 5.31. The van der Waals surface area contributed by atoms with E-state index in [-0.39, 0.29) is 12.0 Å². The summed E-state index contributed by atoms with van der Waals surface area (Å²) < 4.78 is 5.11. The number of benzene rings is 1. The zero-order valence-corrected chi connectivity index (χ0v) is 9.79. The number of rotatable bonds is 5. The van der Waals surface area contributed by atoms with Gasteiger partial charge in [-0.2, -0.15) is 0 Å². The second-order valence-electron chi connectivity index (χ2n) is 4.66. The Labute approximate surface area is 91.9 Å². The monoisotopic (exact) mass is 208 g/mol. The third kappa shape index (κ3) is 3.92. The Bertz CT molecular complexity index is 288. The highest BCUT2D eigenvalue weighted by atomic mass is 16.5. The molecule has 84 valence electrons. The molecule has 0 heterocycles. The molecule has 0 atom stereocenters. The summed E-state index contributed by atoms with van der Waals surface area (Å²) in [7, 11) is 1.67. The fourth-order valence-corrected chi connectivity index (χ4v) is 1.69. The molecule has 0 saturated carbocycles. The standard InChI is InChI=1S/C13H20O2/c1-13(2,8-9-14)10-11-4-6-12(15-3)7-5-11/h4-7,14H,8-10H2,1-3H3. The Kier molecular flexibility index (Phi) is 4.15. The highest BCUT2D eigenvalue weighted by Crippen LogP contribution is 2.26. The van der Waals surface area contributed by atoms with Crippen molar-refractivity contribution in [2.45, 2.75) is 26.7 Å². The van der Waals surface area contributed by atoms with Crippen molar-refractivity contribution in [1.29, 1.82) is 0 Å². The van der Waals surface area contributed by atoms with Gasteiger partial charge in [-0.25, -0.2) is 0 Å². The van der Waals surface area contributed by atoms with Crippen LogP contribution >= 0.6 is 0 Å². The number of hydrogen-bond donors (Lipinski definition) is 1. The molecule has 0 fully saturated rings. The van der Waals surface area contributed by atoms with Gasteiger partial charge in [0.05, 0.1) is 7.11 Å². The van der Waals surface area contributed by atoms with E-state index in [1.165, 1.54) is 5.56 Å². The van der Waals surface area contributed by atoms with E-state index in [2.05, 4.69) is 26.0 Å². The van der Waals surface area contributed by atoms with Crippen LogP contribution in [0.3, 0.4) is 0 Å². The molecule has 0 radical (unpaired) electrons. The lowest BCUT2D eigenvalue weighted by Crippen LogP contribution is -2.16. The Hall–Kier alpha value is -1.02. The van der Waals surface area contributed by atoms with Gasteiger partial charge in [0, 0.05) is 6.61 Å². The van der Waals surface area contributed by atoms with Crippen LogP contribution in [-0.2, 0) is 6.42 Å². The van der Waals surface area contributed by atoms with E-state index in [1.807, 2.05) is 12.1 Å². The van der Waals surface area contributed by atoms with Crippen molar-refractivity contribution in [2.24, 2.45) is 5.41 Å². The maximum Gasteiger partial charge on any atom is 0.118 e. The smallest absolute Gasteiger partial charge is 0.118 e. The van der Waals surface area contributed by atoms with Crippen LogP contribution in [0.15, 0.2) is 24.3 Å². The van der Waals surface area contributed by atoms with Gasteiger partial charge in [-0.05, 0) is 36.0 Å². The molecule has 15 heavy (non-hydrogen) atoms. The Morgan fingerprint density at radius 2 is 1.80 bits per heavy atom. The summed E-state index contributed by atoms with van der Waals surface area (Å²) in [6.07, 6.45) is 1.82. The van der Waals surface area contributed by atoms with E-state index in [0.29, 0.717) is 0 Å². The topological polar surface area (TPSA) is 29.5 Å². The predicted octanol–water partition coefficient (Wildman–Crippen LogP) is 2.65. The molecule has 0 aliphatic rings. The van der Waals surface area contributed by atoms with E-state index in [4.69, 9.17) is 9.84 Å². The van der Waals surface area contributed by atoms with Crippen molar-refractivity contribution in [3.63, 3.8) is 0 Å². The number of aliphatic hydroxyl groups is 1. The van der Waals surface area contributed by atoms with Gasteiger partial charge in [-0.3, -0.25) is 0 Å². The van der Waals surface area contributed by atoms with Crippen LogP contribution in [0.4, 0.5) is 0 Å². The molecule has 0 spiro atoms. The van der Waals surface area contributed by atoms with Gasteiger partial charge in [-0.15, -0.1) is 0 Å². The lowest BCUT2D eigenvalue weighted by atomic mass is 9.83. The van der Waals surface area contributed by atoms with Crippen LogP contribution in [0, 0.1) is 5.41 Å². The molecule has 2 nitrogen and oxygen atoms in total. The number of aliphatic hydroxyl groups excluding tert-OH is 1. The minimum absolute atomic E-state index is 0.156. The largest absolute Gasteiger partial charge is 0.497 e. The molecule has 2 heteroatoms. The van der Waals surface area contributed by atoms with Crippen LogP contribution in [0.25, 0.3) is 0 Å². The maximum atomic E-state index is 8.94. The van der Waals surface area contributed by atoms with Crippen molar-refractivity contribution >= 4 is 0 Å². The van der Waals surface area contributed by atoms with Crippen LogP contribution in [-0.4, -0.2) is 18.8 Å². The predicted molar refractivity (Wildman–Crippen MR) is 62.2 cm³/mol. The molecule has 0 aliphatic carbocycles. The molecular weight excluding hydrogens is 188 g/mol. The summed E-state index contributed by atoms with van der Waals surface area (Å²) in [6, 6.07) is 8.12. The van der Waals surface area contributed by atoms with E-state index < -0.39 is 0 Å². The van der Waals surface area contributed by atoms with Crippen LogP contribution in [0.5, 0.6) is 5.75 Å². The third-order valence-electron chi connectivity index (χ3n) is 2.63. The minimum atomic E-state index is 0.156. The molecule has 0 bridgehead atoms. The minimum Gasteiger partial charge on any atom is -0.497 e. The SMILES string of the molecule is COc1ccc(CC(C)(C)CCO)cc1. The first-order valence-electron chi connectivity index (χ1n) is 5.31. The molecule has 0 aromatic heterocycles. The second-order valence-corrected chi connectivity index (χ2v) is 4.66. The van der Waals surface area contributed by atoms with Gasteiger partial charge < -0.3 is 9.84 Å². The van der Waals surface area contributed by atoms with E-state index in [0.717, 1.165) is 18.6 Å². The van der Waals surface area contributed by atoms with Gasteiger partial charge in [-0.1, -0.05) is 26.0 Å². The van der Waals surface area contributed by atoms with E-state index >= 15 is 0 Å². The van der Waals surface area contributed by atoms with Crippen molar-refractivity contribution in [3.8, 4) is 5.75 Å². The summed E-state index contributed by atoms with van der Waals surface area (Å²) in [5.41, 5.74) is 1.44. The molecule has 1 rings (SSSR count). The summed E-state index contributed by atoms with van der Waals surface area (Å²) >= 11 is 0. The van der Waals surface area contributed by atoms with Crippen LogP contribution < -0.4 is 4.74 Å². The lowest BCUT2D eigenvalue weighted by Gasteiger charge is -2.23. The number of ether oxygens (including phenoxy) is 1.